The molecule has 3 nitrogen and oxygen atoms in total. The molecule has 5 heteroatoms. The number of H-pyrrole nitrogens is 1. The summed E-state index contributed by atoms with van der Waals surface area (Å²) >= 11 is 7.72. The molecule has 2 aromatic carbocycles. The fourth-order valence-electron chi connectivity index (χ4n) is 3.26. The number of amides is 1. The number of benzene rings is 2. The second kappa shape index (κ2) is 6.98. The molecule has 0 spiro atoms. The molecule has 2 aromatic heterocycles. The SMILES string of the molecule is CN(C(=O)c1cccc(Cl)c1)[C@H](c1cccs1)c1c[nH]c2ccccc12. The maximum Gasteiger partial charge on any atom is 0.254 e. The lowest BCUT2D eigenvalue weighted by Gasteiger charge is -2.27. The largest absolute Gasteiger partial charge is 0.361 e. The lowest BCUT2D eigenvalue weighted by Crippen LogP contribution is -2.31. The predicted molar refractivity (Wildman–Crippen MR) is 108 cm³/mol. The smallest absolute Gasteiger partial charge is 0.254 e. The average molecular weight is 381 g/mol. The molecule has 130 valence electrons. The second-order valence-corrected chi connectivity index (χ2v) is 7.55. The number of aromatic nitrogens is 1. The number of fused-ring (bicyclic) bond motifs is 1. The Bertz CT molecular complexity index is 1050. The van der Waals surface area contributed by atoms with E-state index >= 15 is 0 Å². The van der Waals surface area contributed by atoms with Crippen molar-refractivity contribution in [2.24, 2.45) is 0 Å². The van der Waals surface area contributed by atoms with E-state index in [4.69, 9.17) is 11.6 Å². The Morgan fingerprint density at radius 2 is 1.96 bits per heavy atom. The van der Waals surface area contributed by atoms with Crippen LogP contribution < -0.4 is 0 Å². The molecule has 0 radical (unpaired) electrons. The third-order valence-corrected chi connectivity index (χ3v) is 5.67. The molecular weight excluding hydrogens is 364 g/mol. The van der Waals surface area contributed by atoms with Crippen LogP contribution in [-0.4, -0.2) is 22.8 Å². The van der Waals surface area contributed by atoms with Gasteiger partial charge in [0.25, 0.3) is 5.91 Å². The zero-order chi connectivity index (χ0) is 18.1. The van der Waals surface area contributed by atoms with Crippen LogP contribution >= 0.6 is 22.9 Å². The zero-order valence-corrected chi connectivity index (χ0v) is 15.7. The number of carbonyl (C=O) groups is 1. The van der Waals surface area contributed by atoms with Crippen LogP contribution in [0.2, 0.25) is 5.02 Å². The van der Waals surface area contributed by atoms with Gasteiger partial charge in [-0.05, 0) is 35.7 Å². The summed E-state index contributed by atoms with van der Waals surface area (Å²) in [5.74, 6) is -0.0591. The summed E-state index contributed by atoms with van der Waals surface area (Å²) in [5, 5.41) is 3.72. The Hall–Kier alpha value is -2.56. The van der Waals surface area contributed by atoms with Crippen LogP contribution in [-0.2, 0) is 0 Å². The molecule has 0 aliphatic carbocycles. The van der Waals surface area contributed by atoms with Crippen molar-refractivity contribution in [2.45, 2.75) is 6.04 Å². The molecule has 1 atom stereocenters. The maximum absolute atomic E-state index is 13.1. The van der Waals surface area contributed by atoms with Crippen LogP contribution in [0.15, 0.2) is 72.2 Å². The van der Waals surface area contributed by atoms with Crippen LogP contribution in [0.4, 0.5) is 0 Å². The highest BCUT2D eigenvalue weighted by Gasteiger charge is 2.27. The third kappa shape index (κ3) is 3.02. The fraction of sp³-hybridized carbons (Fsp3) is 0.0952. The van der Waals surface area contributed by atoms with Crippen LogP contribution in [0.3, 0.4) is 0 Å². The first-order chi connectivity index (χ1) is 12.6. The van der Waals surface area contributed by atoms with E-state index in [9.17, 15) is 4.79 Å². The summed E-state index contributed by atoms with van der Waals surface area (Å²) in [6.07, 6.45) is 2.00. The van der Waals surface area contributed by atoms with Gasteiger partial charge in [0, 0.05) is 45.2 Å². The van der Waals surface area contributed by atoms with Crippen molar-refractivity contribution in [3.8, 4) is 0 Å². The summed E-state index contributed by atoms with van der Waals surface area (Å²) < 4.78 is 0. The number of aromatic amines is 1. The fourth-order valence-corrected chi connectivity index (χ4v) is 4.34. The first-order valence-electron chi connectivity index (χ1n) is 8.27. The van der Waals surface area contributed by atoms with Crippen LogP contribution in [0.5, 0.6) is 0 Å². The number of hydrogen-bond acceptors (Lipinski definition) is 2. The molecule has 4 rings (SSSR count). The molecule has 26 heavy (non-hydrogen) atoms. The van der Waals surface area contributed by atoms with Crippen LogP contribution in [0.1, 0.15) is 26.8 Å². The number of thiophene rings is 1. The van der Waals surface area contributed by atoms with Crippen molar-refractivity contribution < 1.29 is 4.79 Å². The molecule has 0 saturated heterocycles. The van der Waals surface area contributed by atoms with Crippen LogP contribution in [0, 0.1) is 0 Å². The van der Waals surface area contributed by atoms with E-state index in [2.05, 4.69) is 17.1 Å². The molecule has 0 unspecified atom stereocenters. The van der Waals surface area contributed by atoms with Gasteiger partial charge in [0.15, 0.2) is 0 Å². The maximum atomic E-state index is 13.1. The number of nitrogens with zero attached hydrogens (tertiary/aromatic N) is 1. The van der Waals surface area contributed by atoms with Gasteiger partial charge in [-0.25, -0.2) is 0 Å². The van der Waals surface area contributed by atoms with E-state index in [1.54, 1.807) is 40.5 Å². The number of para-hydroxylation sites is 1. The number of hydrogen-bond donors (Lipinski definition) is 1. The van der Waals surface area contributed by atoms with Crippen molar-refractivity contribution in [2.75, 3.05) is 7.05 Å². The van der Waals surface area contributed by atoms with E-state index in [0.29, 0.717) is 10.6 Å². The van der Waals surface area contributed by atoms with Gasteiger partial charge in [-0.15, -0.1) is 11.3 Å². The van der Waals surface area contributed by atoms with E-state index in [1.165, 1.54) is 0 Å². The van der Waals surface area contributed by atoms with Gasteiger partial charge in [0.1, 0.15) is 0 Å². The number of carbonyl (C=O) groups excluding carboxylic acids is 1. The summed E-state index contributed by atoms with van der Waals surface area (Å²) in [6, 6.07) is 19.1. The lowest BCUT2D eigenvalue weighted by molar-refractivity contribution is 0.0758. The van der Waals surface area contributed by atoms with Crippen molar-refractivity contribution >= 4 is 39.7 Å². The van der Waals surface area contributed by atoms with Crippen LogP contribution in [0.25, 0.3) is 10.9 Å². The number of nitrogens with one attached hydrogen (secondary N) is 1. The normalized spacial score (nSPS) is 12.2. The van der Waals surface area contributed by atoms with E-state index in [-0.39, 0.29) is 11.9 Å². The molecule has 0 bridgehead atoms. The molecular formula is C21H17ClN2OS. The molecule has 1 N–H and O–H groups in total. The highest BCUT2D eigenvalue weighted by Crippen LogP contribution is 2.36. The molecule has 2 heterocycles. The van der Waals surface area contributed by atoms with Gasteiger partial charge >= 0.3 is 0 Å². The van der Waals surface area contributed by atoms with Gasteiger partial charge in [0.05, 0.1) is 6.04 Å². The molecule has 0 saturated carbocycles. The number of rotatable bonds is 4. The van der Waals surface area contributed by atoms with Crippen molar-refractivity contribution in [3.63, 3.8) is 0 Å². The van der Waals surface area contributed by atoms with Gasteiger partial charge in [-0.2, -0.15) is 0 Å². The van der Waals surface area contributed by atoms with E-state index < -0.39 is 0 Å². The third-order valence-electron chi connectivity index (χ3n) is 4.51. The Labute approximate surface area is 160 Å². The zero-order valence-electron chi connectivity index (χ0n) is 14.1. The number of halogens is 1. The second-order valence-electron chi connectivity index (χ2n) is 6.13. The van der Waals surface area contributed by atoms with E-state index in [0.717, 1.165) is 21.3 Å². The molecule has 1 amide bonds. The van der Waals surface area contributed by atoms with Crippen molar-refractivity contribution in [3.05, 3.63) is 93.3 Å². The average Bonchev–Trinajstić information content (AvgIpc) is 3.32. The summed E-state index contributed by atoms with van der Waals surface area (Å²) in [6.45, 7) is 0. The first-order valence-corrected chi connectivity index (χ1v) is 9.53. The summed E-state index contributed by atoms with van der Waals surface area (Å²) in [5.41, 5.74) is 2.73. The van der Waals surface area contributed by atoms with Gasteiger partial charge in [-0.3, -0.25) is 4.79 Å². The monoisotopic (exact) mass is 380 g/mol. The summed E-state index contributed by atoms with van der Waals surface area (Å²) in [7, 11) is 1.84. The minimum absolute atomic E-state index is 0.0591. The highest BCUT2D eigenvalue weighted by molar-refractivity contribution is 7.10. The van der Waals surface area contributed by atoms with Crippen molar-refractivity contribution in [1.82, 2.24) is 9.88 Å². The topological polar surface area (TPSA) is 36.1 Å². The molecule has 0 aliphatic rings. The molecule has 0 aliphatic heterocycles. The Morgan fingerprint density at radius 3 is 2.73 bits per heavy atom. The molecule has 0 fully saturated rings. The van der Waals surface area contributed by atoms with Gasteiger partial charge in [0.2, 0.25) is 0 Å². The van der Waals surface area contributed by atoms with Gasteiger partial charge < -0.3 is 9.88 Å². The lowest BCUT2D eigenvalue weighted by atomic mass is 10.0. The Balaban J connectivity index is 1.80. The predicted octanol–water partition coefficient (Wildman–Crippen LogP) is 5.74. The van der Waals surface area contributed by atoms with E-state index in [1.807, 2.05) is 42.9 Å². The Kier molecular flexibility index (Phi) is 4.53. The summed E-state index contributed by atoms with van der Waals surface area (Å²) in [4.78, 5) is 19.3. The minimum Gasteiger partial charge on any atom is -0.361 e. The standard InChI is InChI=1S/C21H17ClN2OS/c1-24(21(25)14-6-4-7-15(22)12-14)20(19-10-5-11-26-19)17-13-23-18-9-3-2-8-16(17)18/h2-13,20,23H,1H3/t20-/m0/s1. The minimum atomic E-state index is -0.169. The first kappa shape index (κ1) is 16.9. The van der Waals surface area contributed by atoms with Crippen molar-refractivity contribution in [1.29, 1.82) is 0 Å². The quantitative estimate of drug-likeness (QED) is 0.481. The Morgan fingerprint density at radius 1 is 1.12 bits per heavy atom. The highest BCUT2D eigenvalue weighted by atomic mass is 35.5. The molecule has 4 aromatic rings. The van der Waals surface area contributed by atoms with Gasteiger partial charge in [-0.1, -0.05) is 41.9 Å².